The molecule has 0 aliphatic heterocycles. The van der Waals surface area contributed by atoms with Gasteiger partial charge in [0.1, 0.15) is 5.15 Å². The normalized spacial score (nSPS) is 10.9. The van der Waals surface area contributed by atoms with Crippen LogP contribution in [-0.4, -0.2) is 31.2 Å². The molecule has 0 radical (unpaired) electrons. The zero-order valence-corrected chi connectivity index (χ0v) is 13.9. The largest absolute Gasteiger partial charge is 0.321 e. The van der Waals surface area contributed by atoms with Gasteiger partial charge in [-0.25, -0.2) is 4.98 Å². The van der Waals surface area contributed by atoms with E-state index in [1.54, 1.807) is 42.4 Å². The number of halogens is 1. The first-order chi connectivity index (χ1) is 11.2. The van der Waals surface area contributed by atoms with Crippen LogP contribution in [0.4, 0.5) is 5.69 Å². The second-order valence-electron chi connectivity index (χ2n) is 4.77. The molecule has 0 saturated carbocycles. The SMILES string of the molecule is CCCSc1nnc2ccc(NC(=O)c3cccnc3Cl)cn12. The van der Waals surface area contributed by atoms with Crippen molar-refractivity contribution >= 4 is 40.6 Å². The lowest BCUT2D eigenvalue weighted by Crippen LogP contribution is -2.13. The van der Waals surface area contributed by atoms with Gasteiger partial charge in [0.05, 0.1) is 11.3 Å². The molecule has 1 amide bonds. The smallest absolute Gasteiger partial charge is 0.258 e. The summed E-state index contributed by atoms with van der Waals surface area (Å²) in [7, 11) is 0. The highest BCUT2D eigenvalue weighted by Gasteiger charge is 2.12. The van der Waals surface area contributed by atoms with Gasteiger partial charge in [0, 0.05) is 18.1 Å². The van der Waals surface area contributed by atoms with Crippen LogP contribution in [0.5, 0.6) is 0 Å². The number of nitrogens with zero attached hydrogens (tertiary/aromatic N) is 4. The highest BCUT2D eigenvalue weighted by atomic mass is 35.5. The third-order valence-electron chi connectivity index (χ3n) is 3.07. The van der Waals surface area contributed by atoms with Crippen molar-refractivity contribution in [2.75, 3.05) is 11.1 Å². The van der Waals surface area contributed by atoms with Gasteiger partial charge in [-0.15, -0.1) is 10.2 Å². The molecule has 6 nitrogen and oxygen atoms in total. The quantitative estimate of drug-likeness (QED) is 0.564. The number of hydrogen-bond acceptors (Lipinski definition) is 5. The predicted molar refractivity (Wildman–Crippen MR) is 91.2 cm³/mol. The molecule has 1 N–H and O–H groups in total. The molecule has 0 fully saturated rings. The molecule has 3 heterocycles. The summed E-state index contributed by atoms with van der Waals surface area (Å²) < 4.78 is 1.86. The lowest BCUT2D eigenvalue weighted by atomic mass is 10.2. The first kappa shape index (κ1) is 15.8. The molecule has 3 aromatic heterocycles. The lowest BCUT2D eigenvalue weighted by Gasteiger charge is -2.07. The first-order valence-corrected chi connectivity index (χ1v) is 8.45. The fourth-order valence-corrected chi connectivity index (χ4v) is 2.97. The summed E-state index contributed by atoms with van der Waals surface area (Å²) in [5, 5.41) is 12.1. The summed E-state index contributed by atoms with van der Waals surface area (Å²) in [6, 6.07) is 6.89. The molecule has 23 heavy (non-hydrogen) atoms. The summed E-state index contributed by atoms with van der Waals surface area (Å²) in [5.74, 6) is 0.654. The van der Waals surface area contributed by atoms with Gasteiger partial charge < -0.3 is 5.32 Å². The van der Waals surface area contributed by atoms with Crippen molar-refractivity contribution in [1.29, 1.82) is 0 Å². The van der Waals surface area contributed by atoms with E-state index in [1.165, 1.54) is 0 Å². The van der Waals surface area contributed by atoms with E-state index in [9.17, 15) is 4.79 Å². The fourth-order valence-electron chi connectivity index (χ4n) is 1.99. The highest BCUT2D eigenvalue weighted by Crippen LogP contribution is 2.20. The summed E-state index contributed by atoms with van der Waals surface area (Å²) >= 11 is 7.57. The molecule has 0 saturated heterocycles. The van der Waals surface area contributed by atoms with Crippen LogP contribution in [0, 0.1) is 0 Å². The maximum Gasteiger partial charge on any atom is 0.258 e. The highest BCUT2D eigenvalue weighted by molar-refractivity contribution is 7.99. The Hall–Kier alpha value is -2.12. The number of pyridine rings is 2. The predicted octanol–water partition coefficient (Wildman–Crippen LogP) is 3.53. The second kappa shape index (κ2) is 6.97. The van der Waals surface area contributed by atoms with E-state index in [1.807, 2.05) is 10.5 Å². The van der Waals surface area contributed by atoms with Crippen LogP contribution in [0.15, 0.2) is 41.8 Å². The lowest BCUT2D eigenvalue weighted by molar-refractivity contribution is 0.102. The van der Waals surface area contributed by atoms with Gasteiger partial charge in [-0.2, -0.15) is 0 Å². The minimum atomic E-state index is -0.307. The molecule has 0 bridgehead atoms. The average molecular weight is 348 g/mol. The Bertz CT molecular complexity index is 851. The van der Waals surface area contributed by atoms with E-state index >= 15 is 0 Å². The zero-order chi connectivity index (χ0) is 16.2. The molecule has 0 aliphatic carbocycles. The van der Waals surface area contributed by atoms with Crippen molar-refractivity contribution in [3.05, 3.63) is 47.4 Å². The standard InChI is InChI=1S/C15H14ClN5OS/c1-2-8-23-15-20-19-12-6-5-10(9-21(12)15)18-14(22)11-4-3-7-17-13(11)16/h3-7,9H,2,8H2,1H3,(H,18,22). The molecule has 8 heteroatoms. The number of thioether (sulfide) groups is 1. The van der Waals surface area contributed by atoms with Gasteiger partial charge >= 0.3 is 0 Å². The molecular formula is C15H14ClN5OS. The summed E-state index contributed by atoms with van der Waals surface area (Å²) in [6.07, 6.45) is 4.39. The summed E-state index contributed by atoms with van der Waals surface area (Å²) in [4.78, 5) is 16.2. The van der Waals surface area contributed by atoms with Crippen molar-refractivity contribution in [1.82, 2.24) is 19.6 Å². The molecule has 0 aliphatic rings. The molecule has 118 valence electrons. The Labute approximate surface area is 142 Å². The minimum Gasteiger partial charge on any atom is -0.321 e. The third kappa shape index (κ3) is 3.46. The monoisotopic (exact) mass is 347 g/mol. The van der Waals surface area contributed by atoms with Crippen LogP contribution in [0.25, 0.3) is 5.65 Å². The minimum absolute atomic E-state index is 0.176. The maximum atomic E-state index is 12.3. The Morgan fingerprint density at radius 1 is 1.35 bits per heavy atom. The first-order valence-electron chi connectivity index (χ1n) is 7.08. The summed E-state index contributed by atoms with van der Waals surface area (Å²) in [6.45, 7) is 2.11. The van der Waals surface area contributed by atoms with Gasteiger partial charge in [-0.05, 0) is 30.7 Å². The van der Waals surface area contributed by atoms with Gasteiger partial charge in [0.25, 0.3) is 5.91 Å². The van der Waals surface area contributed by atoms with Gasteiger partial charge in [0.2, 0.25) is 0 Å². The Morgan fingerprint density at radius 2 is 2.22 bits per heavy atom. The third-order valence-corrected chi connectivity index (χ3v) is 4.52. The van der Waals surface area contributed by atoms with Crippen LogP contribution < -0.4 is 5.32 Å². The van der Waals surface area contributed by atoms with Crippen LogP contribution >= 0.6 is 23.4 Å². The maximum absolute atomic E-state index is 12.3. The number of hydrogen-bond donors (Lipinski definition) is 1. The number of fused-ring (bicyclic) bond motifs is 1. The van der Waals surface area contributed by atoms with Gasteiger partial charge in [0.15, 0.2) is 10.8 Å². The number of carbonyl (C=O) groups is 1. The van der Waals surface area contributed by atoms with Crippen LogP contribution in [0.3, 0.4) is 0 Å². The van der Waals surface area contributed by atoms with E-state index in [2.05, 4.69) is 27.4 Å². The van der Waals surface area contributed by atoms with E-state index in [0.29, 0.717) is 11.3 Å². The Morgan fingerprint density at radius 3 is 3.00 bits per heavy atom. The molecular weight excluding hydrogens is 334 g/mol. The van der Waals surface area contributed by atoms with Crippen LogP contribution in [-0.2, 0) is 0 Å². The molecule has 0 spiro atoms. The van der Waals surface area contributed by atoms with Crippen LogP contribution in [0.2, 0.25) is 5.15 Å². The van der Waals surface area contributed by atoms with E-state index in [0.717, 1.165) is 23.0 Å². The average Bonchev–Trinajstić information content (AvgIpc) is 2.95. The number of anilines is 1. The van der Waals surface area contributed by atoms with Crippen molar-refractivity contribution in [3.63, 3.8) is 0 Å². The molecule has 0 unspecified atom stereocenters. The zero-order valence-electron chi connectivity index (χ0n) is 12.4. The number of rotatable bonds is 5. The topological polar surface area (TPSA) is 72.2 Å². The number of nitrogens with one attached hydrogen (secondary N) is 1. The van der Waals surface area contributed by atoms with Crippen molar-refractivity contribution in [2.45, 2.75) is 18.5 Å². The van der Waals surface area contributed by atoms with Crippen molar-refractivity contribution in [3.8, 4) is 0 Å². The van der Waals surface area contributed by atoms with Crippen molar-refractivity contribution in [2.24, 2.45) is 0 Å². The summed E-state index contributed by atoms with van der Waals surface area (Å²) in [5.41, 5.74) is 1.71. The number of aromatic nitrogens is 4. The van der Waals surface area contributed by atoms with Gasteiger partial charge in [-0.3, -0.25) is 9.20 Å². The van der Waals surface area contributed by atoms with Crippen molar-refractivity contribution < 1.29 is 4.79 Å². The van der Waals surface area contributed by atoms with Crippen LogP contribution in [0.1, 0.15) is 23.7 Å². The van der Waals surface area contributed by atoms with E-state index in [4.69, 9.17) is 11.6 Å². The van der Waals surface area contributed by atoms with Gasteiger partial charge in [-0.1, -0.05) is 30.3 Å². The second-order valence-corrected chi connectivity index (χ2v) is 6.19. The molecule has 0 aromatic carbocycles. The Balaban J connectivity index is 1.85. The molecule has 3 rings (SSSR count). The molecule has 0 atom stereocenters. The van der Waals surface area contributed by atoms with E-state index in [-0.39, 0.29) is 11.1 Å². The van der Waals surface area contributed by atoms with E-state index < -0.39 is 0 Å². The number of carbonyl (C=O) groups excluding carboxylic acids is 1. The fraction of sp³-hybridized carbons (Fsp3) is 0.200. The number of amides is 1. The molecule has 3 aromatic rings. The Kier molecular flexibility index (Phi) is 4.78.